The van der Waals surface area contributed by atoms with Crippen molar-refractivity contribution >= 4 is 23.4 Å². The van der Waals surface area contributed by atoms with Crippen LogP contribution in [0.1, 0.15) is 12.5 Å². The second-order valence-corrected chi connectivity index (χ2v) is 3.40. The molecule has 4 N–H and O–H groups in total. The number of anilines is 2. The van der Waals surface area contributed by atoms with Gasteiger partial charge in [-0.2, -0.15) is 0 Å². The lowest BCUT2D eigenvalue weighted by molar-refractivity contribution is -0.0176. The van der Waals surface area contributed by atoms with E-state index in [-0.39, 0.29) is 0 Å². The lowest BCUT2D eigenvalue weighted by Gasteiger charge is -2.21. The fourth-order valence-electron chi connectivity index (χ4n) is 1.63. The van der Waals surface area contributed by atoms with E-state index in [9.17, 15) is 5.21 Å². The first-order valence-electron chi connectivity index (χ1n) is 4.87. The van der Waals surface area contributed by atoms with Crippen molar-refractivity contribution in [3.63, 3.8) is 0 Å². The highest BCUT2D eigenvalue weighted by Crippen LogP contribution is 2.35. The van der Waals surface area contributed by atoms with Crippen LogP contribution >= 0.6 is 0 Å². The Morgan fingerprint density at radius 2 is 2.40 bits per heavy atom. The van der Waals surface area contributed by atoms with E-state index < -0.39 is 0 Å². The predicted octanol–water partition coefficient (Wildman–Crippen LogP) is 1.57. The van der Waals surface area contributed by atoms with Crippen molar-refractivity contribution in [1.82, 2.24) is 5.06 Å². The molecular formula is C10H14N4O. The Balaban J connectivity index is 2.48. The van der Waals surface area contributed by atoms with E-state index in [4.69, 9.17) is 5.73 Å². The minimum atomic E-state index is 0.379. The van der Waals surface area contributed by atoms with Crippen molar-refractivity contribution in [3.05, 3.63) is 17.7 Å². The third-order valence-electron chi connectivity index (χ3n) is 2.33. The molecule has 0 bridgehead atoms. The van der Waals surface area contributed by atoms with Crippen LogP contribution in [0.15, 0.2) is 17.1 Å². The average molecular weight is 206 g/mol. The van der Waals surface area contributed by atoms with Crippen LogP contribution in [-0.2, 0) is 6.54 Å². The third kappa shape index (κ3) is 1.73. The van der Waals surface area contributed by atoms with Crippen molar-refractivity contribution in [2.45, 2.75) is 13.5 Å². The van der Waals surface area contributed by atoms with Gasteiger partial charge in [0.25, 0.3) is 0 Å². The molecule has 1 aliphatic heterocycles. The van der Waals surface area contributed by atoms with E-state index in [0.29, 0.717) is 12.2 Å². The zero-order valence-corrected chi connectivity index (χ0v) is 8.57. The zero-order valence-electron chi connectivity index (χ0n) is 8.57. The lowest BCUT2D eigenvalue weighted by atomic mass is 10.1. The zero-order chi connectivity index (χ0) is 10.8. The van der Waals surface area contributed by atoms with E-state index in [1.807, 2.05) is 19.1 Å². The average Bonchev–Trinajstić information content (AvgIpc) is 2.23. The SMILES string of the molecule is CCNc1ccc(N)c2c1N=CN(O)C2. The Morgan fingerprint density at radius 3 is 3.13 bits per heavy atom. The lowest BCUT2D eigenvalue weighted by Crippen LogP contribution is -2.20. The topological polar surface area (TPSA) is 73.9 Å². The summed E-state index contributed by atoms with van der Waals surface area (Å²) in [4.78, 5) is 4.16. The molecule has 0 saturated carbocycles. The number of benzene rings is 1. The van der Waals surface area contributed by atoms with E-state index in [2.05, 4.69) is 10.3 Å². The molecule has 1 aromatic rings. The van der Waals surface area contributed by atoms with Crippen molar-refractivity contribution in [1.29, 1.82) is 0 Å². The fraction of sp³-hybridized carbons (Fsp3) is 0.300. The van der Waals surface area contributed by atoms with Crippen LogP contribution in [0.25, 0.3) is 0 Å². The molecule has 15 heavy (non-hydrogen) atoms. The summed E-state index contributed by atoms with van der Waals surface area (Å²) in [5, 5.41) is 13.5. The van der Waals surface area contributed by atoms with Gasteiger partial charge < -0.3 is 11.1 Å². The summed E-state index contributed by atoms with van der Waals surface area (Å²) in [7, 11) is 0. The number of nitrogens with one attached hydrogen (secondary N) is 1. The highest BCUT2D eigenvalue weighted by atomic mass is 16.5. The van der Waals surface area contributed by atoms with Gasteiger partial charge in [-0.1, -0.05) is 0 Å². The standard InChI is InChI=1S/C10H14N4O/c1-2-12-9-4-3-8(11)7-5-14(15)6-13-10(7)9/h3-4,6,12,15H,2,5,11H2,1H3. The molecule has 1 aliphatic rings. The molecule has 0 spiro atoms. The maximum Gasteiger partial charge on any atom is 0.116 e. The first-order valence-corrected chi connectivity index (χ1v) is 4.87. The van der Waals surface area contributed by atoms with Gasteiger partial charge in [0, 0.05) is 17.8 Å². The van der Waals surface area contributed by atoms with Crippen molar-refractivity contribution < 1.29 is 5.21 Å². The predicted molar refractivity (Wildman–Crippen MR) is 60.5 cm³/mol. The molecule has 0 amide bonds. The summed E-state index contributed by atoms with van der Waals surface area (Å²) in [5.41, 5.74) is 9.12. The normalized spacial score (nSPS) is 13.9. The Kier molecular flexibility index (Phi) is 2.47. The van der Waals surface area contributed by atoms with E-state index in [1.54, 1.807) is 0 Å². The first kappa shape index (κ1) is 9.79. The second-order valence-electron chi connectivity index (χ2n) is 3.40. The molecule has 0 aliphatic carbocycles. The van der Waals surface area contributed by atoms with Gasteiger partial charge in [-0.15, -0.1) is 0 Å². The van der Waals surface area contributed by atoms with Crippen molar-refractivity contribution in [2.24, 2.45) is 4.99 Å². The molecule has 80 valence electrons. The van der Waals surface area contributed by atoms with Gasteiger partial charge in [-0.3, -0.25) is 5.21 Å². The smallest absolute Gasteiger partial charge is 0.116 e. The van der Waals surface area contributed by atoms with Gasteiger partial charge >= 0.3 is 0 Å². The number of nitrogen functional groups attached to an aromatic ring is 1. The Labute approximate surface area is 88.2 Å². The monoisotopic (exact) mass is 206 g/mol. The Hall–Kier alpha value is -1.75. The fourth-order valence-corrected chi connectivity index (χ4v) is 1.63. The summed E-state index contributed by atoms with van der Waals surface area (Å²) in [6.45, 7) is 3.23. The minimum absolute atomic E-state index is 0.379. The van der Waals surface area contributed by atoms with Gasteiger partial charge in [-0.05, 0) is 19.1 Å². The molecule has 1 heterocycles. The molecule has 5 heteroatoms. The summed E-state index contributed by atoms with van der Waals surface area (Å²) in [6.07, 6.45) is 1.39. The number of fused-ring (bicyclic) bond motifs is 1. The van der Waals surface area contributed by atoms with E-state index in [1.165, 1.54) is 6.34 Å². The number of rotatable bonds is 2. The molecule has 0 aromatic heterocycles. The second kappa shape index (κ2) is 3.78. The van der Waals surface area contributed by atoms with Crippen LogP contribution in [0.4, 0.5) is 17.1 Å². The van der Waals surface area contributed by atoms with Gasteiger partial charge in [-0.25, -0.2) is 10.1 Å². The highest BCUT2D eigenvalue weighted by Gasteiger charge is 2.16. The number of nitrogens with zero attached hydrogens (tertiary/aromatic N) is 2. The summed E-state index contributed by atoms with van der Waals surface area (Å²) >= 11 is 0. The van der Waals surface area contributed by atoms with Crippen LogP contribution in [0.5, 0.6) is 0 Å². The number of hydroxylamine groups is 2. The molecule has 0 fully saturated rings. The molecule has 0 unspecified atom stereocenters. The summed E-state index contributed by atoms with van der Waals surface area (Å²) in [6, 6.07) is 3.73. The van der Waals surface area contributed by atoms with Gasteiger partial charge in [0.1, 0.15) is 6.34 Å². The van der Waals surface area contributed by atoms with Crippen molar-refractivity contribution in [2.75, 3.05) is 17.6 Å². The number of aliphatic imine (C=N–C) groups is 1. The van der Waals surface area contributed by atoms with Gasteiger partial charge in [0.2, 0.25) is 0 Å². The van der Waals surface area contributed by atoms with Gasteiger partial charge in [0.15, 0.2) is 0 Å². The quantitative estimate of drug-likeness (QED) is 0.642. The molecule has 0 saturated heterocycles. The van der Waals surface area contributed by atoms with Crippen molar-refractivity contribution in [3.8, 4) is 0 Å². The molecule has 0 radical (unpaired) electrons. The van der Waals surface area contributed by atoms with Crippen LogP contribution in [0.3, 0.4) is 0 Å². The summed E-state index contributed by atoms with van der Waals surface area (Å²) < 4.78 is 0. The Bertz CT molecular complexity index is 403. The van der Waals surface area contributed by atoms with Crippen LogP contribution in [0, 0.1) is 0 Å². The largest absolute Gasteiger partial charge is 0.398 e. The Morgan fingerprint density at radius 1 is 1.60 bits per heavy atom. The van der Waals surface area contributed by atoms with Gasteiger partial charge in [0.05, 0.1) is 17.9 Å². The number of hydrogen-bond donors (Lipinski definition) is 3. The number of nitrogens with two attached hydrogens (primary N) is 1. The first-order chi connectivity index (χ1) is 7.22. The minimum Gasteiger partial charge on any atom is -0.398 e. The molecule has 2 rings (SSSR count). The van der Waals surface area contributed by atoms with Crippen LogP contribution < -0.4 is 11.1 Å². The maximum absolute atomic E-state index is 9.31. The number of hydrogen-bond acceptors (Lipinski definition) is 5. The third-order valence-corrected chi connectivity index (χ3v) is 2.33. The maximum atomic E-state index is 9.31. The van der Waals surface area contributed by atoms with E-state index in [0.717, 1.165) is 28.5 Å². The molecular weight excluding hydrogens is 192 g/mol. The summed E-state index contributed by atoms with van der Waals surface area (Å²) in [5.74, 6) is 0. The van der Waals surface area contributed by atoms with Crippen LogP contribution in [0.2, 0.25) is 0 Å². The van der Waals surface area contributed by atoms with Crippen LogP contribution in [-0.4, -0.2) is 23.2 Å². The van der Waals surface area contributed by atoms with E-state index >= 15 is 0 Å². The molecule has 5 nitrogen and oxygen atoms in total. The molecule has 0 atom stereocenters. The molecule has 1 aromatic carbocycles. The highest BCUT2D eigenvalue weighted by molar-refractivity contribution is 5.81.